The van der Waals surface area contributed by atoms with Gasteiger partial charge in [0, 0.05) is 48.8 Å². The van der Waals surface area contributed by atoms with Gasteiger partial charge in [0.1, 0.15) is 5.82 Å². The number of nitrogen functional groups attached to an aromatic ring is 1. The van der Waals surface area contributed by atoms with Gasteiger partial charge in [0.2, 0.25) is 5.95 Å². The summed E-state index contributed by atoms with van der Waals surface area (Å²) >= 11 is 0.947. The smallest absolute Gasteiger partial charge is 0.384 e. The summed E-state index contributed by atoms with van der Waals surface area (Å²) in [6.07, 6.45) is 7.63. The van der Waals surface area contributed by atoms with Gasteiger partial charge in [-0.15, -0.1) is 0 Å². The molecule has 0 radical (unpaired) electrons. The lowest BCUT2D eigenvalue weighted by Gasteiger charge is -2.43. The number of rotatable bonds is 4. The quantitative estimate of drug-likeness (QED) is 0.582. The standard InChI is InChI=1S/C22H26F3N7S/c1-27-17-3-2-4-21(17)5-8-31(9-6-21)20-30-13-16(19-28-7-10-32(19)20)33-15-12-29-18(26)11-14(15)22(23,24)25/h7,10-13,17,27H,2-6,8-9H2,1H3,(H2,26,29)/t17-/m1/s1. The van der Waals surface area contributed by atoms with Crippen LogP contribution in [0.15, 0.2) is 40.6 Å². The number of halogens is 3. The average Bonchev–Trinajstić information content (AvgIpc) is 3.43. The van der Waals surface area contributed by atoms with Gasteiger partial charge in [-0.05, 0) is 44.2 Å². The molecule has 0 aromatic carbocycles. The first-order valence-electron chi connectivity index (χ1n) is 11.1. The summed E-state index contributed by atoms with van der Waals surface area (Å²) in [6, 6.07) is 1.42. The number of anilines is 2. The van der Waals surface area contributed by atoms with Crippen LogP contribution in [0.25, 0.3) is 5.65 Å². The van der Waals surface area contributed by atoms with Crippen LogP contribution in [-0.4, -0.2) is 45.5 Å². The van der Waals surface area contributed by atoms with Crippen LogP contribution in [0, 0.1) is 5.41 Å². The molecule has 3 aromatic rings. The maximum Gasteiger partial charge on any atom is 0.417 e. The number of imidazole rings is 1. The van der Waals surface area contributed by atoms with Crippen LogP contribution in [0.3, 0.4) is 0 Å². The molecule has 1 aliphatic heterocycles. The Bertz CT molecular complexity index is 1150. The average molecular weight is 478 g/mol. The first-order chi connectivity index (χ1) is 15.8. The van der Waals surface area contributed by atoms with Crippen molar-refractivity contribution >= 4 is 29.2 Å². The van der Waals surface area contributed by atoms with Crippen LogP contribution in [0.1, 0.15) is 37.7 Å². The second kappa shape index (κ2) is 8.35. The van der Waals surface area contributed by atoms with Crippen molar-refractivity contribution in [3.63, 3.8) is 0 Å². The molecule has 1 aliphatic carbocycles. The van der Waals surface area contributed by atoms with Gasteiger partial charge >= 0.3 is 6.18 Å². The van der Waals surface area contributed by atoms with Gasteiger partial charge < -0.3 is 16.0 Å². The molecule has 7 nitrogen and oxygen atoms in total. The summed E-state index contributed by atoms with van der Waals surface area (Å²) in [4.78, 5) is 15.7. The highest BCUT2D eigenvalue weighted by Crippen LogP contribution is 2.47. The fourth-order valence-corrected chi connectivity index (χ4v) is 6.38. The Balaban J connectivity index is 1.42. The summed E-state index contributed by atoms with van der Waals surface area (Å²) in [5, 5.41) is 3.51. The fourth-order valence-electron chi connectivity index (χ4n) is 5.41. The molecule has 33 heavy (non-hydrogen) atoms. The van der Waals surface area contributed by atoms with Crippen molar-refractivity contribution in [3.05, 3.63) is 36.4 Å². The van der Waals surface area contributed by atoms with E-state index in [1.54, 1.807) is 12.4 Å². The lowest BCUT2D eigenvalue weighted by Crippen LogP contribution is -2.48. The molecule has 1 saturated carbocycles. The van der Waals surface area contributed by atoms with Crippen molar-refractivity contribution in [1.29, 1.82) is 0 Å². The van der Waals surface area contributed by atoms with Crippen LogP contribution in [-0.2, 0) is 6.18 Å². The Hall–Kier alpha value is -2.53. The highest BCUT2D eigenvalue weighted by atomic mass is 32.2. The first-order valence-corrected chi connectivity index (χ1v) is 11.9. The molecule has 3 aromatic heterocycles. The van der Waals surface area contributed by atoms with Crippen LogP contribution < -0.4 is 16.0 Å². The predicted octanol–water partition coefficient (Wildman–Crippen LogP) is 4.24. The second-order valence-corrected chi connectivity index (χ2v) is 9.92. The molecule has 176 valence electrons. The SMILES string of the molecule is CN[C@@H]1CCCC12CCN(c1ncc(Sc3cnc(N)cc3C(F)(F)F)c3nccn13)CC2. The van der Waals surface area contributed by atoms with E-state index in [-0.39, 0.29) is 10.7 Å². The molecule has 3 N–H and O–H groups in total. The number of nitrogens with two attached hydrogens (primary N) is 1. The molecule has 11 heteroatoms. The van der Waals surface area contributed by atoms with Gasteiger partial charge in [0.25, 0.3) is 0 Å². The zero-order valence-corrected chi connectivity index (χ0v) is 19.1. The molecule has 1 spiro atoms. The highest BCUT2D eigenvalue weighted by molar-refractivity contribution is 7.99. The maximum atomic E-state index is 13.5. The number of piperidine rings is 1. The molecule has 0 amide bonds. The Kier molecular flexibility index (Phi) is 5.64. The third-order valence-corrected chi connectivity index (χ3v) is 8.14. The van der Waals surface area contributed by atoms with E-state index in [0.29, 0.717) is 22.0 Å². The van der Waals surface area contributed by atoms with Crippen LogP contribution >= 0.6 is 11.8 Å². The summed E-state index contributed by atoms with van der Waals surface area (Å²) < 4.78 is 42.4. The summed E-state index contributed by atoms with van der Waals surface area (Å²) in [5.41, 5.74) is 5.61. The number of nitrogens with one attached hydrogen (secondary N) is 1. The van der Waals surface area contributed by atoms with Crippen molar-refractivity contribution in [2.24, 2.45) is 5.41 Å². The summed E-state index contributed by atoms with van der Waals surface area (Å²) in [5.74, 6) is 0.601. The molecule has 0 bridgehead atoms. The second-order valence-electron chi connectivity index (χ2n) is 8.83. The van der Waals surface area contributed by atoms with E-state index in [4.69, 9.17) is 5.73 Å². The van der Waals surface area contributed by atoms with E-state index < -0.39 is 11.7 Å². The van der Waals surface area contributed by atoms with E-state index in [0.717, 1.165) is 55.9 Å². The monoisotopic (exact) mass is 477 g/mol. The first kappa shape index (κ1) is 22.3. The van der Waals surface area contributed by atoms with Crippen LogP contribution in [0.5, 0.6) is 0 Å². The molecule has 1 saturated heterocycles. The lowest BCUT2D eigenvalue weighted by atomic mass is 9.74. The van der Waals surface area contributed by atoms with Gasteiger partial charge in [0.05, 0.1) is 10.5 Å². The Labute approximate surface area is 194 Å². The number of hydrogen-bond donors (Lipinski definition) is 2. The van der Waals surface area contributed by atoms with Crippen LogP contribution in [0.4, 0.5) is 24.9 Å². The topological polar surface area (TPSA) is 84.4 Å². The number of nitrogens with zero attached hydrogens (tertiary/aromatic N) is 5. The van der Waals surface area contributed by atoms with Crippen molar-refractivity contribution in [2.75, 3.05) is 30.8 Å². The third-order valence-electron chi connectivity index (χ3n) is 7.08. The zero-order valence-electron chi connectivity index (χ0n) is 18.3. The molecular weight excluding hydrogens is 451 g/mol. The molecule has 5 rings (SSSR count). The van der Waals surface area contributed by atoms with E-state index in [2.05, 4.69) is 32.2 Å². The minimum atomic E-state index is -4.53. The summed E-state index contributed by atoms with van der Waals surface area (Å²) in [7, 11) is 2.05. The van der Waals surface area contributed by atoms with E-state index in [9.17, 15) is 13.2 Å². The Morgan fingerprint density at radius 2 is 1.88 bits per heavy atom. The lowest BCUT2D eigenvalue weighted by molar-refractivity contribution is -0.139. The van der Waals surface area contributed by atoms with Gasteiger partial charge in [0.15, 0.2) is 5.65 Å². The van der Waals surface area contributed by atoms with Crippen LogP contribution in [0.2, 0.25) is 0 Å². The fraction of sp³-hybridized carbons (Fsp3) is 0.500. The van der Waals surface area contributed by atoms with Crippen molar-refractivity contribution < 1.29 is 13.2 Å². The van der Waals surface area contributed by atoms with Crippen molar-refractivity contribution in [1.82, 2.24) is 24.7 Å². The van der Waals surface area contributed by atoms with Crippen molar-refractivity contribution in [3.8, 4) is 0 Å². The minimum Gasteiger partial charge on any atom is -0.384 e. The number of aromatic nitrogens is 4. The van der Waals surface area contributed by atoms with Gasteiger partial charge in [-0.3, -0.25) is 4.40 Å². The molecular formula is C22H26F3N7S. The maximum absolute atomic E-state index is 13.5. The highest BCUT2D eigenvalue weighted by Gasteiger charge is 2.44. The third kappa shape index (κ3) is 4.01. The number of fused-ring (bicyclic) bond motifs is 1. The normalized spacial score (nSPS) is 20.7. The van der Waals surface area contributed by atoms with E-state index in [1.165, 1.54) is 19.3 Å². The van der Waals surface area contributed by atoms with Gasteiger partial charge in [-0.25, -0.2) is 15.0 Å². The van der Waals surface area contributed by atoms with E-state index in [1.807, 2.05) is 10.6 Å². The molecule has 2 fully saturated rings. The minimum absolute atomic E-state index is 0.0320. The molecule has 1 atom stereocenters. The van der Waals surface area contributed by atoms with Gasteiger partial charge in [-0.1, -0.05) is 18.2 Å². The Morgan fingerprint density at radius 1 is 1.12 bits per heavy atom. The molecule has 0 unspecified atom stereocenters. The molecule has 4 heterocycles. The van der Waals surface area contributed by atoms with E-state index >= 15 is 0 Å². The summed E-state index contributed by atoms with van der Waals surface area (Å²) in [6.45, 7) is 1.79. The van der Waals surface area contributed by atoms with Crippen molar-refractivity contribution in [2.45, 2.75) is 54.1 Å². The van der Waals surface area contributed by atoms with Gasteiger partial charge in [-0.2, -0.15) is 13.2 Å². The molecule has 2 aliphatic rings. The number of hydrogen-bond acceptors (Lipinski definition) is 7. The largest absolute Gasteiger partial charge is 0.417 e. The Morgan fingerprint density at radius 3 is 2.61 bits per heavy atom. The zero-order chi connectivity index (χ0) is 23.2. The number of pyridine rings is 1. The predicted molar refractivity (Wildman–Crippen MR) is 121 cm³/mol. The number of alkyl halides is 3.